The summed E-state index contributed by atoms with van der Waals surface area (Å²) >= 11 is 0. The molecule has 1 saturated carbocycles. The molecule has 2 unspecified atom stereocenters. The van der Waals surface area contributed by atoms with Gasteiger partial charge in [-0.2, -0.15) is 0 Å². The molecule has 2 amide bonds. The molecule has 148 valence electrons. The van der Waals surface area contributed by atoms with Gasteiger partial charge in [0.1, 0.15) is 18.1 Å². The van der Waals surface area contributed by atoms with Crippen LogP contribution in [0.15, 0.2) is 42.5 Å². The Hall–Kier alpha value is -3.02. The van der Waals surface area contributed by atoms with E-state index in [9.17, 15) is 9.59 Å². The predicted octanol–water partition coefficient (Wildman–Crippen LogP) is 3.08. The van der Waals surface area contributed by atoms with E-state index < -0.39 is 0 Å². The van der Waals surface area contributed by atoms with Crippen LogP contribution in [0.25, 0.3) is 0 Å². The normalized spacial score (nSPS) is 17.5. The first-order valence-electron chi connectivity index (χ1n) is 9.41. The van der Waals surface area contributed by atoms with Crippen LogP contribution in [0.3, 0.4) is 0 Å². The van der Waals surface area contributed by atoms with Crippen LogP contribution >= 0.6 is 0 Å². The molecular weight excluding hydrogens is 356 g/mol. The average Bonchev–Trinajstić information content (AvgIpc) is 3.50. The summed E-state index contributed by atoms with van der Waals surface area (Å²) in [6, 6.07) is 13.1. The Kier molecular flexibility index (Phi) is 6.19. The summed E-state index contributed by atoms with van der Waals surface area (Å²) in [5, 5.41) is 5.78. The standard InChI is InChI=1S/C22H26N2O4/c1-14-5-4-6-20(15(14)2)24-22(26)19-13-18(19)21(25)23-11-12-28-17-9-7-16(27-3)8-10-17/h4-10,18-19H,11-13H2,1-3H3,(H,23,25)(H,24,26). The van der Waals surface area contributed by atoms with Gasteiger partial charge < -0.3 is 20.1 Å². The molecule has 0 saturated heterocycles. The molecule has 0 bridgehead atoms. The summed E-state index contributed by atoms with van der Waals surface area (Å²) in [5.41, 5.74) is 2.98. The fraction of sp³-hybridized carbons (Fsp3) is 0.364. The van der Waals surface area contributed by atoms with E-state index in [4.69, 9.17) is 9.47 Å². The van der Waals surface area contributed by atoms with Crippen molar-refractivity contribution in [1.82, 2.24) is 5.32 Å². The van der Waals surface area contributed by atoms with E-state index in [-0.39, 0.29) is 23.7 Å². The van der Waals surface area contributed by atoms with Gasteiger partial charge in [-0.15, -0.1) is 0 Å². The third-order valence-electron chi connectivity index (χ3n) is 5.06. The van der Waals surface area contributed by atoms with Crippen LogP contribution in [0.5, 0.6) is 11.5 Å². The summed E-state index contributed by atoms with van der Waals surface area (Å²) in [7, 11) is 1.61. The van der Waals surface area contributed by atoms with Gasteiger partial charge in [-0.25, -0.2) is 0 Å². The van der Waals surface area contributed by atoms with Gasteiger partial charge in [0.15, 0.2) is 0 Å². The third kappa shape index (κ3) is 4.82. The van der Waals surface area contributed by atoms with E-state index in [1.54, 1.807) is 7.11 Å². The Morgan fingerprint density at radius 3 is 2.39 bits per heavy atom. The van der Waals surface area contributed by atoms with Gasteiger partial charge in [-0.3, -0.25) is 9.59 Å². The quantitative estimate of drug-likeness (QED) is 0.688. The minimum atomic E-state index is -0.262. The van der Waals surface area contributed by atoms with Gasteiger partial charge >= 0.3 is 0 Å². The molecule has 6 heteroatoms. The lowest BCUT2D eigenvalue weighted by atomic mass is 10.1. The first-order chi connectivity index (χ1) is 13.5. The maximum Gasteiger partial charge on any atom is 0.228 e. The summed E-state index contributed by atoms with van der Waals surface area (Å²) in [5.74, 6) is 0.767. The van der Waals surface area contributed by atoms with Gasteiger partial charge in [-0.05, 0) is 61.7 Å². The largest absolute Gasteiger partial charge is 0.497 e. The molecule has 0 aliphatic heterocycles. The van der Waals surface area contributed by atoms with E-state index in [0.29, 0.717) is 25.3 Å². The van der Waals surface area contributed by atoms with Gasteiger partial charge in [-0.1, -0.05) is 12.1 Å². The molecule has 3 rings (SSSR count). The van der Waals surface area contributed by atoms with Crippen molar-refractivity contribution in [2.45, 2.75) is 20.3 Å². The van der Waals surface area contributed by atoms with Crippen LogP contribution in [0.2, 0.25) is 0 Å². The number of benzene rings is 2. The Bertz CT molecular complexity index is 848. The SMILES string of the molecule is COc1ccc(OCCNC(=O)C2CC2C(=O)Nc2cccc(C)c2C)cc1. The molecule has 1 aliphatic rings. The van der Waals surface area contributed by atoms with Crippen molar-refractivity contribution in [3.8, 4) is 11.5 Å². The van der Waals surface area contributed by atoms with Crippen LogP contribution in [-0.4, -0.2) is 32.1 Å². The molecule has 6 nitrogen and oxygen atoms in total. The minimum absolute atomic E-state index is 0.0941. The monoisotopic (exact) mass is 382 g/mol. The number of amides is 2. The lowest BCUT2D eigenvalue weighted by Crippen LogP contribution is -2.31. The Labute approximate surface area is 165 Å². The number of aryl methyl sites for hydroxylation is 1. The number of hydrogen-bond acceptors (Lipinski definition) is 4. The minimum Gasteiger partial charge on any atom is -0.497 e. The van der Waals surface area contributed by atoms with Crippen LogP contribution < -0.4 is 20.1 Å². The van der Waals surface area contributed by atoms with Crippen LogP contribution in [0.4, 0.5) is 5.69 Å². The molecule has 1 fully saturated rings. The summed E-state index contributed by atoms with van der Waals surface area (Å²) in [6.07, 6.45) is 0.585. The van der Waals surface area contributed by atoms with E-state index in [1.165, 1.54) is 0 Å². The number of methoxy groups -OCH3 is 1. The van der Waals surface area contributed by atoms with Crippen molar-refractivity contribution in [2.75, 3.05) is 25.6 Å². The highest BCUT2D eigenvalue weighted by Crippen LogP contribution is 2.39. The van der Waals surface area contributed by atoms with E-state index in [0.717, 1.165) is 22.6 Å². The topological polar surface area (TPSA) is 76.7 Å². The van der Waals surface area contributed by atoms with Gasteiger partial charge in [0.25, 0.3) is 0 Å². The number of carbonyl (C=O) groups excluding carboxylic acids is 2. The fourth-order valence-electron chi connectivity index (χ4n) is 3.03. The van der Waals surface area contributed by atoms with E-state index >= 15 is 0 Å². The molecule has 0 aromatic heterocycles. The second-order valence-electron chi connectivity index (χ2n) is 7.00. The number of anilines is 1. The fourth-order valence-corrected chi connectivity index (χ4v) is 3.03. The van der Waals surface area contributed by atoms with Crippen LogP contribution in [0, 0.1) is 25.7 Å². The van der Waals surface area contributed by atoms with E-state index in [2.05, 4.69) is 10.6 Å². The third-order valence-corrected chi connectivity index (χ3v) is 5.06. The molecular formula is C22H26N2O4. The first kappa shape index (κ1) is 19.7. The molecule has 1 aliphatic carbocycles. The lowest BCUT2D eigenvalue weighted by molar-refractivity contribution is -0.125. The van der Waals surface area contributed by atoms with Gasteiger partial charge in [0.2, 0.25) is 11.8 Å². The Morgan fingerprint density at radius 1 is 1.00 bits per heavy atom. The molecule has 0 heterocycles. The zero-order valence-corrected chi connectivity index (χ0v) is 16.5. The highest BCUT2D eigenvalue weighted by atomic mass is 16.5. The van der Waals surface area contributed by atoms with Crippen molar-refractivity contribution in [2.24, 2.45) is 11.8 Å². The number of nitrogens with one attached hydrogen (secondary N) is 2. The second kappa shape index (κ2) is 8.78. The molecule has 2 N–H and O–H groups in total. The smallest absolute Gasteiger partial charge is 0.228 e. The van der Waals surface area contributed by atoms with Gasteiger partial charge in [0.05, 0.1) is 25.5 Å². The number of carbonyl (C=O) groups is 2. The summed E-state index contributed by atoms with van der Waals surface area (Å²) in [4.78, 5) is 24.6. The predicted molar refractivity (Wildman–Crippen MR) is 108 cm³/mol. The van der Waals surface area contributed by atoms with Crippen molar-refractivity contribution < 1.29 is 19.1 Å². The van der Waals surface area contributed by atoms with Crippen molar-refractivity contribution in [3.05, 3.63) is 53.6 Å². The highest BCUT2D eigenvalue weighted by Gasteiger charge is 2.47. The molecule has 2 aromatic carbocycles. The maximum atomic E-state index is 12.4. The Morgan fingerprint density at radius 2 is 1.68 bits per heavy atom. The van der Waals surface area contributed by atoms with Crippen molar-refractivity contribution in [3.63, 3.8) is 0 Å². The zero-order valence-electron chi connectivity index (χ0n) is 16.5. The zero-order chi connectivity index (χ0) is 20.1. The summed E-state index contributed by atoms with van der Waals surface area (Å²) in [6.45, 7) is 4.74. The highest BCUT2D eigenvalue weighted by molar-refractivity contribution is 6.00. The number of ether oxygens (including phenoxy) is 2. The molecule has 0 radical (unpaired) electrons. The van der Waals surface area contributed by atoms with Crippen LogP contribution in [-0.2, 0) is 9.59 Å². The number of hydrogen-bond donors (Lipinski definition) is 2. The lowest BCUT2D eigenvalue weighted by Gasteiger charge is -2.10. The Balaban J connectivity index is 1.39. The van der Waals surface area contributed by atoms with Crippen molar-refractivity contribution >= 4 is 17.5 Å². The van der Waals surface area contributed by atoms with Crippen LogP contribution in [0.1, 0.15) is 17.5 Å². The molecule has 0 spiro atoms. The van der Waals surface area contributed by atoms with Gasteiger partial charge in [0, 0.05) is 5.69 Å². The second-order valence-corrected chi connectivity index (χ2v) is 7.00. The van der Waals surface area contributed by atoms with Crippen molar-refractivity contribution in [1.29, 1.82) is 0 Å². The number of rotatable bonds is 8. The molecule has 2 atom stereocenters. The molecule has 28 heavy (non-hydrogen) atoms. The summed E-state index contributed by atoms with van der Waals surface area (Å²) < 4.78 is 10.7. The first-order valence-corrected chi connectivity index (χ1v) is 9.41. The van der Waals surface area contributed by atoms with E-state index in [1.807, 2.05) is 56.3 Å². The maximum absolute atomic E-state index is 12.4. The average molecular weight is 382 g/mol. The molecule has 2 aromatic rings.